The molecule has 0 spiro atoms. The lowest BCUT2D eigenvalue weighted by molar-refractivity contribution is -0.143. The SMILES string of the molecule is Cc1cccc(C2(C(=O)NCC3(C(=O)O)CC3)CC2)c1. The molecule has 20 heavy (non-hydrogen) atoms. The second kappa shape index (κ2) is 4.33. The summed E-state index contributed by atoms with van der Waals surface area (Å²) in [6.07, 6.45) is 3.03. The number of aliphatic carboxylic acids is 1. The van der Waals surface area contributed by atoms with Crippen LogP contribution in [0.3, 0.4) is 0 Å². The van der Waals surface area contributed by atoms with Gasteiger partial charge >= 0.3 is 5.97 Å². The van der Waals surface area contributed by atoms with Crippen LogP contribution in [0.2, 0.25) is 0 Å². The minimum atomic E-state index is -0.793. The molecule has 2 saturated carbocycles. The maximum Gasteiger partial charge on any atom is 0.311 e. The Morgan fingerprint density at radius 1 is 1.25 bits per heavy atom. The third-order valence-corrected chi connectivity index (χ3v) is 4.65. The minimum absolute atomic E-state index is 0.0179. The molecule has 106 valence electrons. The summed E-state index contributed by atoms with van der Waals surface area (Å²) in [6.45, 7) is 2.27. The second-order valence-corrected chi connectivity index (χ2v) is 6.22. The molecule has 0 aliphatic heterocycles. The molecule has 0 heterocycles. The van der Waals surface area contributed by atoms with Crippen LogP contribution in [0.25, 0.3) is 0 Å². The van der Waals surface area contributed by atoms with E-state index >= 15 is 0 Å². The first-order valence-corrected chi connectivity index (χ1v) is 7.07. The maximum atomic E-state index is 12.4. The van der Waals surface area contributed by atoms with Crippen molar-refractivity contribution in [1.82, 2.24) is 5.32 Å². The zero-order valence-corrected chi connectivity index (χ0v) is 11.6. The Balaban J connectivity index is 1.70. The monoisotopic (exact) mass is 273 g/mol. The third-order valence-electron chi connectivity index (χ3n) is 4.65. The number of amides is 1. The summed E-state index contributed by atoms with van der Waals surface area (Å²) in [5.41, 5.74) is 1.08. The Labute approximate surface area is 118 Å². The summed E-state index contributed by atoms with van der Waals surface area (Å²) < 4.78 is 0. The van der Waals surface area contributed by atoms with Gasteiger partial charge in [0, 0.05) is 6.54 Å². The lowest BCUT2D eigenvalue weighted by Crippen LogP contribution is -2.40. The molecule has 4 heteroatoms. The standard InChI is InChI=1S/C16H19NO3/c1-11-3-2-4-12(9-11)16(7-8-16)13(18)17-10-15(5-6-15)14(19)20/h2-4,9H,5-8,10H2,1H3,(H,17,18)(H,19,20). The first kappa shape index (κ1) is 13.2. The van der Waals surface area contributed by atoms with Crippen molar-refractivity contribution in [3.8, 4) is 0 Å². The first-order valence-electron chi connectivity index (χ1n) is 7.07. The number of hydrogen-bond donors (Lipinski definition) is 2. The van der Waals surface area contributed by atoms with Crippen LogP contribution in [0.5, 0.6) is 0 Å². The van der Waals surface area contributed by atoms with Gasteiger partial charge in [-0.3, -0.25) is 9.59 Å². The Kier molecular flexibility index (Phi) is 2.85. The molecule has 2 aliphatic carbocycles. The third kappa shape index (κ3) is 2.09. The topological polar surface area (TPSA) is 66.4 Å². The maximum absolute atomic E-state index is 12.4. The second-order valence-electron chi connectivity index (χ2n) is 6.22. The molecular formula is C16H19NO3. The summed E-state index contributed by atoms with van der Waals surface area (Å²) in [5.74, 6) is -0.811. The number of carboxylic acid groups (broad SMARTS) is 1. The summed E-state index contributed by atoms with van der Waals surface area (Å²) in [4.78, 5) is 23.6. The van der Waals surface area contributed by atoms with E-state index in [9.17, 15) is 9.59 Å². The Morgan fingerprint density at radius 2 is 1.95 bits per heavy atom. The molecule has 1 aromatic carbocycles. The predicted molar refractivity (Wildman–Crippen MR) is 74.4 cm³/mol. The molecule has 0 aromatic heterocycles. The molecule has 2 aliphatic rings. The van der Waals surface area contributed by atoms with Gasteiger partial charge in [-0.05, 0) is 38.2 Å². The van der Waals surface area contributed by atoms with Crippen molar-refractivity contribution in [3.63, 3.8) is 0 Å². The van der Waals surface area contributed by atoms with Crippen LogP contribution in [0.15, 0.2) is 24.3 Å². The van der Waals surface area contributed by atoms with Crippen molar-refractivity contribution in [2.45, 2.75) is 38.0 Å². The highest BCUT2D eigenvalue weighted by molar-refractivity contribution is 5.92. The molecule has 2 N–H and O–H groups in total. The average Bonchev–Trinajstić information content (AvgIpc) is 3.29. The molecule has 2 fully saturated rings. The minimum Gasteiger partial charge on any atom is -0.481 e. The number of nitrogens with one attached hydrogen (secondary N) is 1. The van der Waals surface area contributed by atoms with Gasteiger partial charge in [-0.25, -0.2) is 0 Å². The lowest BCUT2D eigenvalue weighted by atomic mass is 9.93. The highest BCUT2D eigenvalue weighted by Crippen LogP contribution is 2.49. The number of hydrogen-bond acceptors (Lipinski definition) is 2. The van der Waals surface area contributed by atoms with Gasteiger partial charge in [0.25, 0.3) is 0 Å². The molecule has 4 nitrogen and oxygen atoms in total. The van der Waals surface area contributed by atoms with Gasteiger partial charge in [0.2, 0.25) is 5.91 Å². The van der Waals surface area contributed by atoms with Crippen LogP contribution in [-0.2, 0) is 15.0 Å². The van der Waals surface area contributed by atoms with Crippen molar-refractivity contribution in [1.29, 1.82) is 0 Å². The molecule has 0 radical (unpaired) electrons. The van der Waals surface area contributed by atoms with Crippen LogP contribution in [-0.4, -0.2) is 23.5 Å². The van der Waals surface area contributed by atoms with Crippen LogP contribution < -0.4 is 5.32 Å². The van der Waals surface area contributed by atoms with Gasteiger partial charge in [-0.15, -0.1) is 0 Å². The fourth-order valence-corrected chi connectivity index (χ4v) is 2.75. The Bertz CT molecular complexity index is 571. The number of benzene rings is 1. The van der Waals surface area contributed by atoms with Gasteiger partial charge in [0.15, 0.2) is 0 Å². The van der Waals surface area contributed by atoms with Gasteiger partial charge < -0.3 is 10.4 Å². The molecular weight excluding hydrogens is 254 g/mol. The molecule has 1 amide bonds. The fourth-order valence-electron chi connectivity index (χ4n) is 2.75. The quantitative estimate of drug-likeness (QED) is 0.862. The molecule has 1 aromatic rings. The summed E-state index contributed by atoms with van der Waals surface area (Å²) in [7, 11) is 0. The Hall–Kier alpha value is -1.84. The van der Waals surface area contributed by atoms with E-state index in [0.29, 0.717) is 12.8 Å². The average molecular weight is 273 g/mol. The van der Waals surface area contributed by atoms with E-state index in [2.05, 4.69) is 11.4 Å². The van der Waals surface area contributed by atoms with E-state index in [0.717, 1.165) is 24.0 Å². The first-order chi connectivity index (χ1) is 9.48. The summed E-state index contributed by atoms with van der Waals surface area (Å²) >= 11 is 0. The number of aryl methyl sites for hydroxylation is 1. The lowest BCUT2D eigenvalue weighted by Gasteiger charge is -2.18. The number of carboxylic acids is 1. The van der Waals surface area contributed by atoms with Gasteiger partial charge in [-0.2, -0.15) is 0 Å². The van der Waals surface area contributed by atoms with E-state index in [-0.39, 0.29) is 12.5 Å². The summed E-state index contributed by atoms with van der Waals surface area (Å²) in [6, 6.07) is 8.03. The number of carbonyl (C=O) groups excluding carboxylic acids is 1. The number of rotatable bonds is 5. The Morgan fingerprint density at radius 3 is 2.45 bits per heavy atom. The van der Waals surface area contributed by atoms with Crippen LogP contribution in [0.1, 0.15) is 36.8 Å². The van der Waals surface area contributed by atoms with Crippen molar-refractivity contribution >= 4 is 11.9 Å². The van der Waals surface area contributed by atoms with Crippen LogP contribution >= 0.6 is 0 Å². The van der Waals surface area contributed by atoms with E-state index in [1.54, 1.807) is 0 Å². The predicted octanol–water partition coefficient (Wildman–Crippen LogP) is 2.01. The van der Waals surface area contributed by atoms with Crippen molar-refractivity contribution in [2.75, 3.05) is 6.54 Å². The molecule has 3 rings (SSSR count). The normalized spacial score (nSPS) is 21.1. The smallest absolute Gasteiger partial charge is 0.311 e. The summed E-state index contributed by atoms with van der Waals surface area (Å²) in [5, 5.41) is 12.0. The van der Waals surface area contributed by atoms with Crippen LogP contribution in [0, 0.1) is 12.3 Å². The van der Waals surface area contributed by atoms with Crippen molar-refractivity contribution in [2.24, 2.45) is 5.41 Å². The van der Waals surface area contributed by atoms with Crippen molar-refractivity contribution < 1.29 is 14.7 Å². The largest absolute Gasteiger partial charge is 0.481 e. The highest BCUT2D eigenvalue weighted by atomic mass is 16.4. The van der Waals surface area contributed by atoms with Gasteiger partial charge in [-0.1, -0.05) is 29.8 Å². The van der Waals surface area contributed by atoms with E-state index in [1.165, 1.54) is 0 Å². The van der Waals surface area contributed by atoms with Crippen molar-refractivity contribution in [3.05, 3.63) is 35.4 Å². The van der Waals surface area contributed by atoms with E-state index < -0.39 is 16.8 Å². The van der Waals surface area contributed by atoms with E-state index in [4.69, 9.17) is 5.11 Å². The van der Waals surface area contributed by atoms with Gasteiger partial charge in [0.1, 0.15) is 0 Å². The zero-order valence-electron chi connectivity index (χ0n) is 11.6. The fraction of sp³-hybridized carbons (Fsp3) is 0.500. The highest BCUT2D eigenvalue weighted by Gasteiger charge is 2.54. The number of carbonyl (C=O) groups is 2. The van der Waals surface area contributed by atoms with Crippen LogP contribution in [0.4, 0.5) is 0 Å². The molecule has 0 unspecified atom stereocenters. The molecule has 0 bridgehead atoms. The zero-order chi connectivity index (χ0) is 14.4. The molecule has 0 saturated heterocycles. The molecule has 0 atom stereocenters. The van der Waals surface area contributed by atoms with Gasteiger partial charge in [0.05, 0.1) is 10.8 Å². The van der Waals surface area contributed by atoms with E-state index in [1.807, 2.05) is 25.1 Å².